The zero-order valence-corrected chi connectivity index (χ0v) is 13.6. The summed E-state index contributed by atoms with van der Waals surface area (Å²) in [6.07, 6.45) is 1.04. The van der Waals surface area contributed by atoms with Crippen LogP contribution in [0.5, 0.6) is 5.75 Å². The number of benzene rings is 1. The van der Waals surface area contributed by atoms with Gasteiger partial charge in [0.05, 0.1) is 6.61 Å². The standard InChI is InChI=1S/C17H30N2O/c1-6-10-20-16-9-7-8-15(11-16)12-18-13-17(14(2)3)19(4)5/h7-9,11,14,17-18H,6,10,12-13H2,1-5H3. The van der Waals surface area contributed by atoms with Gasteiger partial charge in [-0.25, -0.2) is 0 Å². The Hall–Kier alpha value is -1.06. The molecule has 0 bridgehead atoms. The highest BCUT2D eigenvalue weighted by atomic mass is 16.5. The molecule has 0 aliphatic heterocycles. The summed E-state index contributed by atoms with van der Waals surface area (Å²) in [4.78, 5) is 2.29. The van der Waals surface area contributed by atoms with E-state index in [9.17, 15) is 0 Å². The molecule has 1 rings (SSSR count). The van der Waals surface area contributed by atoms with Crippen LogP contribution in [0, 0.1) is 5.92 Å². The van der Waals surface area contributed by atoms with E-state index in [4.69, 9.17) is 4.74 Å². The third kappa shape index (κ3) is 5.93. The van der Waals surface area contributed by atoms with Crippen LogP contribution in [0.1, 0.15) is 32.8 Å². The minimum atomic E-state index is 0.564. The number of nitrogens with zero attached hydrogens (tertiary/aromatic N) is 1. The Balaban J connectivity index is 2.45. The van der Waals surface area contributed by atoms with Crippen molar-refractivity contribution < 1.29 is 4.74 Å². The maximum absolute atomic E-state index is 5.66. The van der Waals surface area contributed by atoms with Gasteiger partial charge in [-0.3, -0.25) is 0 Å². The van der Waals surface area contributed by atoms with Gasteiger partial charge in [0.25, 0.3) is 0 Å². The van der Waals surface area contributed by atoms with E-state index in [0.29, 0.717) is 12.0 Å². The fourth-order valence-corrected chi connectivity index (χ4v) is 2.34. The van der Waals surface area contributed by atoms with Crippen molar-refractivity contribution in [2.45, 2.75) is 39.8 Å². The van der Waals surface area contributed by atoms with Crippen LogP contribution in [-0.4, -0.2) is 38.2 Å². The first-order chi connectivity index (χ1) is 9.54. The Morgan fingerprint density at radius 1 is 1.25 bits per heavy atom. The first-order valence-corrected chi connectivity index (χ1v) is 7.63. The molecule has 1 N–H and O–H groups in total. The highest BCUT2D eigenvalue weighted by molar-refractivity contribution is 5.28. The summed E-state index contributed by atoms with van der Waals surface area (Å²) in [5, 5.41) is 3.55. The third-order valence-electron chi connectivity index (χ3n) is 3.49. The SMILES string of the molecule is CCCOc1cccc(CNCC(C(C)C)N(C)C)c1. The first-order valence-electron chi connectivity index (χ1n) is 7.63. The molecule has 1 unspecified atom stereocenters. The van der Waals surface area contributed by atoms with Gasteiger partial charge in [0.1, 0.15) is 5.75 Å². The van der Waals surface area contributed by atoms with Gasteiger partial charge in [-0.05, 0) is 44.1 Å². The predicted octanol–water partition coefficient (Wildman–Crippen LogP) is 3.15. The minimum absolute atomic E-state index is 0.564. The van der Waals surface area contributed by atoms with Crippen LogP contribution >= 0.6 is 0 Å². The molecule has 0 saturated carbocycles. The van der Waals surface area contributed by atoms with Crippen LogP contribution in [0.2, 0.25) is 0 Å². The number of hydrogen-bond donors (Lipinski definition) is 1. The van der Waals surface area contributed by atoms with Gasteiger partial charge in [-0.1, -0.05) is 32.9 Å². The van der Waals surface area contributed by atoms with E-state index in [1.807, 2.05) is 6.07 Å². The second kappa shape index (κ2) is 8.98. The zero-order valence-electron chi connectivity index (χ0n) is 13.6. The van der Waals surface area contributed by atoms with Crippen molar-refractivity contribution in [1.29, 1.82) is 0 Å². The second-order valence-corrected chi connectivity index (χ2v) is 5.90. The molecule has 1 atom stereocenters. The van der Waals surface area contributed by atoms with Gasteiger partial charge < -0.3 is 15.0 Å². The molecule has 20 heavy (non-hydrogen) atoms. The van der Waals surface area contributed by atoms with E-state index in [1.165, 1.54) is 5.56 Å². The van der Waals surface area contributed by atoms with E-state index in [-0.39, 0.29) is 0 Å². The van der Waals surface area contributed by atoms with Crippen molar-refractivity contribution in [3.8, 4) is 5.75 Å². The van der Waals surface area contributed by atoms with Gasteiger partial charge in [0, 0.05) is 19.1 Å². The summed E-state index contributed by atoms with van der Waals surface area (Å²) in [5.41, 5.74) is 1.28. The Bertz CT molecular complexity index is 369. The minimum Gasteiger partial charge on any atom is -0.494 e. The molecule has 114 valence electrons. The fraction of sp³-hybridized carbons (Fsp3) is 0.647. The van der Waals surface area contributed by atoms with Crippen molar-refractivity contribution in [2.24, 2.45) is 5.92 Å². The van der Waals surface area contributed by atoms with Gasteiger partial charge in [-0.2, -0.15) is 0 Å². The Morgan fingerprint density at radius 2 is 2.00 bits per heavy atom. The first kappa shape index (κ1) is 17.0. The lowest BCUT2D eigenvalue weighted by Crippen LogP contribution is -2.41. The predicted molar refractivity (Wildman–Crippen MR) is 86.2 cm³/mol. The molecule has 3 nitrogen and oxygen atoms in total. The summed E-state index contributed by atoms with van der Waals surface area (Å²) in [7, 11) is 4.29. The maximum Gasteiger partial charge on any atom is 0.119 e. The quantitative estimate of drug-likeness (QED) is 0.751. The summed E-state index contributed by atoms with van der Waals surface area (Å²) < 4.78 is 5.66. The van der Waals surface area contributed by atoms with E-state index in [2.05, 4.69) is 63.3 Å². The molecule has 1 aromatic carbocycles. The lowest BCUT2D eigenvalue weighted by molar-refractivity contribution is 0.224. The summed E-state index contributed by atoms with van der Waals surface area (Å²) in [6, 6.07) is 8.92. The van der Waals surface area contributed by atoms with Crippen LogP contribution in [0.4, 0.5) is 0 Å². The Labute approximate surface area is 124 Å². The Kier molecular flexibility index (Phi) is 7.63. The highest BCUT2D eigenvalue weighted by Crippen LogP contribution is 2.14. The zero-order chi connectivity index (χ0) is 15.0. The molecule has 0 spiro atoms. The average Bonchev–Trinajstić information content (AvgIpc) is 2.41. The lowest BCUT2D eigenvalue weighted by Gasteiger charge is -2.28. The van der Waals surface area contributed by atoms with Crippen LogP contribution in [0.15, 0.2) is 24.3 Å². The van der Waals surface area contributed by atoms with Crippen LogP contribution in [-0.2, 0) is 6.54 Å². The van der Waals surface area contributed by atoms with Gasteiger partial charge >= 0.3 is 0 Å². The monoisotopic (exact) mass is 278 g/mol. The molecule has 0 fully saturated rings. The summed E-state index contributed by atoms with van der Waals surface area (Å²) >= 11 is 0. The number of likely N-dealkylation sites (N-methyl/N-ethyl adjacent to an activating group) is 1. The summed E-state index contributed by atoms with van der Waals surface area (Å²) in [5.74, 6) is 1.62. The molecule has 0 aliphatic carbocycles. The molecule has 0 aromatic heterocycles. The molecular formula is C17H30N2O. The molecular weight excluding hydrogens is 248 g/mol. The second-order valence-electron chi connectivity index (χ2n) is 5.90. The van der Waals surface area contributed by atoms with Crippen molar-refractivity contribution in [3.63, 3.8) is 0 Å². The van der Waals surface area contributed by atoms with Crippen molar-refractivity contribution in [2.75, 3.05) is 27.2 Å². The van der Waals surface area contributed by atoms with Crippen molar-refractivity contribution in [3.05, 3.63) is 29.8 Å². The van der Waals surface area contributed by atoms with Gasteiger partial charge in [-0.15, -0.1) is 0 Å². The molecule has 0 aliphatic rings. The molecule has 3 heteroatoms. The molecule has 0 heterocycles. The molecule has 0 amide bonds. The number of hydrogen-bond acceptors (Lipinski definition) is 3. The van der Waals surface area contributed by atoms with Gasteiger partial charge in [0.15, 0.2) is 0 Å². The summed E-state index contributed by atoms with van der Waals surface area (Å²) in [6.45, 7) is 9.34. The van der Waals surface area contributed by atoms with Gasteiger partial charge in [0.2, 0.25) is 0 Å². The largest absolute Gasteiger partial charge is 0.494 e. The third-order valence-corrected chi connectivity index (χ3v) is 3.49. The number of rotatable bonds is 9. The van der Waals surface area contributed by atoms with E-state index in [1.54, 1.807) is 0 Å². The number of ether oxygens (including phenoxy) is 1. The lowest BCUT2D eigenvalue weighted by atomic mass is 10.0. The van der Waals surface area contributed by atoms with E-state index < -0.39 is 0 Å². The molecule has 0 saturated heterocycles. The average molecular weight is 278 g/mol. The van der Waals surface area contributed by atoms with E-state index >= 15 is 0 Å². The van der Waals surface area contributed by atoms with Crippen molar-refractivity contribution >= 4 is 0 Å². The molecule has 1 aromatic rings. The Morgan fingerprint density at radius 3 is 2.60 bits per heavy atom. The van der Waals surface area contributed by atoms with Crippen molar-refractivity contribution in [1.82, 2.24) is 10.2 Å². The molecule has 0 radical (unpaired) electrons. The maximum atomic E-state index is 5.66. The van der Waals surface area contributed by atoms with Crippen LogP contribution < -0.4 is 10.1 Å². The number of nitrogens with one attached hydrogen (secondary N) is 1. The van der Waals surface area contributed by atoms with Crippen LogP contribution in [0.3, 0.4) is 0 Å². The topological polar surface area (TPSA) is 24.5 Å². The normalized spacial score (nSPS) is 12.9. The van der Waals surface area contributed by atoms with E-state index in [0.717, 1.165) is 31.9 Å². The fourth-order valence-electron chi connectivity index (χ4n) is 2.34. The smallest absolute Gasteiger partial charge is 0.119 e. The highest BCUT2D eigenvalue weighted by Gasteiger charge is 2.14. The van der Waals surface area contributed by atoms with Crippen LogP contribution in [0.25, 0.3) is 0 Å².